The van der Waals surface area contributed by atoms with Crippen molar-refractivity contribution in [1.82, 2.24) is 4.31 Å². The van der Waals surface area contributed by atoms with E-state index in [9.17, 15) is 26.4 Å². The summed E-state index contributed by atoms with van der Waals surface area (Å²) in [5.74, 6) is -0.132. The molecule has 0 heterocycles. The van der Waals surface area contributed by atoms with Gasteiger partial charge in [0.2, 0.25) is 15.9 Å². The first kappa shape index (κ1) is 21.7. The molecule has 1 amide bonds. The van der Waals surface area contributed by atoms with Crippen LogP contribution in [0, 0.1) is 0 Å². The highest BCUT2D eigenvalue weighted by atomic mass is 32.2. The molecule has 0 spiro atoms. The fourth-order valence-corrected chi connectivity index (χ4v) is 3.86. The molecule has 0 saturated heterocycles. The topological polar surface area (TPSA) is 75.7 Å². The molecule has 0 radical (unpaired) electrons. The number of alkyl halides is 3. The average Bonchev–Trinajstić information content (AvgIpc) is 2.65. The van der Waals surface area contributed by atoms with Gasteiger partial charge in [-0.2, -0.15) is 17.5 Å². The molecule has 2 aromatic rings. The number of hydrogen-bond acceptors (Lipinski definition) is 4. The van der Waals surface area contributed by atoms with E-state index in [0.717, 1.165) is 22.5 Å². The summed E-state index contributed by atoms with van der Waals surface area (Å²) >= 11 is 0. The van der Waals surface area contributed by atoms with Gasteiger partial charge in [0.15, 0.2) is 0 Å². The van der Waals surface area contributed by atoms with Crippen molar-refractivity contribution in [2.45, 2.75) is 18.0 Å². The minimum atomic E-state index is -4.67. The third-order valence-electron chi connectivity index (χ3n) is 3.83. The van der Waals surface area contributed by atoms with Crippen LogP contribution in [0.2, 0.25) is 0 Å². The van der Waals surface area contributed by atoms with E-state index in [1.807, 2.05) is 0 Å². The van der Waals surface area contributed by atoms with E-state index >= 15 is 0 Å². The van der Waals surface area contributed by atoms with Crippen LogP contribution in [0.5, 0.6) is 5.75 Å². The minimum absolute atomic E-state index is 0.0931. The highest BCUT2D eigenvalue weighted by Crippen LogP contribution is 2.31. The quantitative estimate of drug-likeness (QED) is 0.751. The number of hydrogen-bond donors (Lipinski definition) is 1. The molecule has 0 aliphatic heterocycles. The van der Waals surface area contributed by atoms with Crippen LogP contribution in [-0.2, 0) is 21.0 Å². The summed E-state index contributed by atoms with van der Waals surface area (Å²) in [4.78, 5) is 11.7. The number of sulfonamides is 1. The van der Waals surface area contributed by atoms with Gasteiger partial charge in [-0.3, -0.25) is 4.79 Å². The summed E-state index contributed by atoms with van der Waals surface area (Å²) in [6, 6.07) is 9.88. The molecule has 10 heteroatoms. The van der Waals surface area contributed by atoms with Crippen molar-refractivity contribution >= 4 is 21.6 Å². The number of nitrogens with one attached hydrogen (secondary N) is 1. The fraction of sp³-hybridized carbons (Fsp3) is 0.278. The first-order chi connectivity index (χ1) is 13.1. The van der Waals surface area contributed by atoms with E-state index in [-0.39, 0.29) is 6.54 Å². The second-order valence-corrected chi connectivity index (χ2v) is 7.67. The second kappa shape index (κ2) is 8.61. The van der Waals surface area contributed by atoms with Crippen LogP contribution in [0.15, 0.2) is 53.4 Å². The molecule has 1 N–H and O–H groups in total. The molecule has 6 nitrogen and oxygen atoms in total. The zero-order valence-corrected chi connectivity index (χ0v) is 16.0. The Labute approximate surface area is 161 Å². The van der Waals surface area contributed by atoms with E-state index in [2.05, 4.69) is 5.32 Å². The Hall–Kier alpha value is -2.59. The Bertz CT molecular complexity index is 946. The first-order valence-corrected chi connectivity index (χ1v) is 9.63. The van der Waals surface area contributed by atoms with Crippen LogP contribution in [0.1, 0.15) is 12.5 Å². The molecule has 0 aliphatic rings. The molecule has 0 aromatic heterocycles. The molecular formula is C18H19F3N2O4S. The summed E-state index contributed by atoms with van der Waals surface area (Å²) in [6.45, 7) is 0.848. The van der Waals surface area contributed by atoms with Crippen molar-refractivity contribution in [2.24, 2.45) is 0 Å². The maximum atomic E-state index is 12.9. The Balaban J connectivity index is 2.20. The number of benzene rings is 2. The van der Waals surface area contributed by atoms with Crippen LogP contribution >= 0.6 is 0 Å². The number of amides is 1. The molecule has 2 rings (SSSR count). The van der Waals surface area contributed by atoms with Gasteiger partial charge in [-0.1, -0.05) is 19.1 Å². The lowest BCUT2D eigenvalue weighted by molar-refractivity contribution is -0.137. The van der Waals surface area contributed by atoms with E-state index in [4.69, 9.17) is 4.74 Å². The summed E-state index contributed by atoms with van der Waals surface area (Å²) < 4.78 is 69.8. The number of methoxy groups -OCH3 is 1. The number of rotatable bonds is 7. The van der Waals surface area contributed by atoms with Crippen molar-refractivity contribution in [1.29, 1.82) is 0 Å². The van der Waals surface area contributed by atoms with Crippen molar-refractivity contribution < 1.29 is 31.1 Å². The Morgan fingerprint density at radius 1 is 1.14 bits per heavy atom. The summed E-state index contributed by atoms with van der Waals surface area (Å²) in [6.07, 6.45) is -4.67. The second-order valence-electron chi connectivity index (χ2n) is 5.74. The van der Waals surface area contributed by atoms with Crippen molar-refractivity contribution in [2.75, 3.05) is 25.5 Å². The lowest BCUT2D eigenvalue weighted by atomic mass is 10.2. The molecule has 0 bridgehead atoms. The van der Waals surface area contributed by atoms with Crippen LogP contribution in [0.4, 0.5) is 18.9 Å². The van der Waals surface area contributed by atoms with Gasteiger partial charge in [0, 0.05) is 18.3 Å². The number of carbonyl (C=O) groups is 1. The van der Waals surface area contributed by atoms with Crippen LogP contribution in [0.3, 0.4) is 0 Å². The Morgan fingerprint density at radius 2 is 1.82 bits per heavy atom. The average molecular weight is 416 g/mol. The number of nitrogens with zero attached hydrogens (tertiary/aromatic N) is 1. The third kappa shape index (κ3) is 5.23. The lowest BCUT2D eigenvalue weighted by Crippen LogP contribution is -2.37. The molecule has 0 atom stereocenters. The fourth-order valence-electron chi connectivity index (χ4n) is 2.41. The van der Waals surface area contributed by atoms with Crippen molar-refractivity contribution in [3.8, 4) is 5.75 Å². The number of ether oxygens (including phenoxy) is 1. The van der Waals surface area contributed by atoms with E-state index in [1.54, 1.807) is 24.3 Å². The minimum Gasteiger partial charge on any atom is -0.497 e. The predicted octanol–water partition coefficient (Wildman–Crippen LogP) is 3.36. The highest BCUT2D eigenvalue weighted by Gasteiger charge is 2.33. The number of likely N-dealkylation sites (N-methyl/N-ethyl adjacent to an activating group) is 1. The van der Waals surface area contributed by atoms with E-state index in [1.165, 1.54) is 14.0 Å². The Kier molecular flexibility index (Phi) is 6.68. The number of halogens is 3. The normalized spacial score (nSPS) is 12.1. The van der Waals surface area contributed by atoms with Crippen molar-refractivity contribution in [3.05, 3.63) is 54.1 Å². The maximum Gasteiger partial charge on any atom is 0.416 e. The largest absolute Gasteiger partial charge is 0.497 e. The summed E-state index contributed by atoms with van der Waals surface area (Å²) in [7, 11) is -2.83. The SMILES string of the molecule is CCN(CC(=O)Nc1cccc(OC)c1)S(=O)(=O)c1cccc(C(F)(F)F)c1. The van der Waals surface area contributed by atoms with Gasteiger partial charge in [0.25, 0.3) is 0 Å². The first-order valence-electron chi connectivity index (χ1n) is 8.19. The molecule has 28 heavy (non-hydrogen) atoms. The van der Waals surface area contributed by atoms with Gasteiger partial charge in [-0.15, -0.1) is 0 Å². The van der Waals surface area contributed by atoms with Crippen LogP contribution in [0.25, 0.3) is 0 Å². The van der Waals surface area contributed by atoms with Gasteiger partial charge >= 0.3 is 6.18 Å². The van der Waals surface area contributed by atoms with Gasteiger partial charge in [0.05, 0.1) is 24.1 Å². The van der Waals surface area contributed by atoms with Crippen molar-refractivity contribution in [3.63, 3.8) is 0 Å². The monoisotopic (exact) mass is 416 g/mol. The van der Waals surface area contributed by atoms with Gasteiger partial charge in [-0.05, 0) is 30.3 Å². The smallest absolute Gasteiger partial charge is 0.416 e. The summed E-state index contributed by atoms with van der Waals surface area (Å²) in [5, 5.41) is 2.54. The zero-order chi connectivity index (χ0) is 20.9. The molecule has 0 fully saturated rings. The molecule has 152 valence electrons. The highest BCUT2D eigenvalue weighted by molar-refractivity contribution is 7.89. The molecule has 0 unspecified atom stereocenters. The number of anilines is 1. The number of carbonyl (C=O) groups excluding carboxylic acids is 1. The third-order valence-corrected chi connectivity index (χ3v) is 5.74. The molecule has 0 saturated carbocycles. The zero-order valence-electron chi connectivity index (χ0n) is 15.2. The standard InChI is InChI=1S/C18H19F3N2O4S/c1-3-23(12-17(24)22-14-7-5-8-15(11-14)27-2)28(25,26)16-9-4-6-13(10-16)18(19,20)21/h4-11H,3,12H2,1-2H3,(H,22,24). The van der Waals surface area contributed by atoms with Gasteiger partial charge in [0.1, 0.15) is 5.75 Å². The van der Waals surface area contributed by atoms with Gasteiger partial charge < -0.3 is 10.1 Å². The van der Waals surface area contributed by atoms with E-state index in [0.29, 0.717) is 17.5 Å². The molecule has 0 aliphatic carbocycles. The Morgan fingerprint density at radius 3 is 2.43 bits per heavy atom. The molecule has 2 aromatic carbocycles. The summed E-state index contributed by atoms with van der Waals surface area (Å²) in [5.41, 5.74) is -0.678. The maximum absolute atomic E-state index is 12.9. The molecular weight excluding hydrogens is 397 g/mol. The van der Waals surface area contributed by atoms with Crippen LogP contribution < -0.4 is 10.1 Å². The van der Waals surface area contributed by atoms with E-state index < -0.39 is 39.1 Å². The predicted molar refractivity (Wildman–Crippen MR) is 97.5 cm³/mol. The van der Waals surface area contributed by atoms with Crippen LogP contribution in [-0.4, -0.2) is 38.8 Å². The lowest BCUT2D eigenvalue weighted by Gasteiger charge is -2.20. The van der Waals surface area contributed by atoms with Gasteiger partial charge in [-0.25, -0.2) is 8.42 Å².